The maximum atomic E-state index is 5.99. The van der Waals surface area contributed by atoms with Crippen molar-refractivity contribution in [3.8, 4) is 5.75 Å². The molecule has 2 unspecified atom stereocenters. The lowest BCUT2D eigenvalue weighted by atomic mass is 9.77. The van der Waals surface area contributed by atoms with Crippen molar-refractivity contribution in [2.24, 2.45) is 11.0 Å². The number of rotatable bonds is 2. The number of hydrogen-bond acceptors (Lipinski definition) is 3. The summed E-state index contributed by atoms with van der Waals surface area (Å²) in [4.78, 5) is 0. The van der Waals surface area contributed by atoms with Gasteiger partial charge in [-0.05, 0) is 48.2 Å². The van der Waals surface area contributed by atoms with Crippen molar-refractivity contribution >= 4 is 17.3 Å². The van der Waals surface area contributed by atoms with Crippen molar-refractivity contribution in [3.63, 3.8) is 0 Å². The van der Waals surface area contributed by atoms with Gasteiger partial charge in [0.05, 0.1) is 18.9 Å². The highest BCUT2D eigenvalue weighted by atomic mass is 35.5. The van der Waals surface area contributed by atoms with Gasteiger partial charge in [0.25, 0.3) is 0 Å². The molecule has 1 aliphatic heterocycles. The number of nitrogens with zero attached hydrogens (tertiary/aromatic N) is 1. The first-order valence-electron chi connectivity index (χ1n) is 7.52. The van der Waals surface area contributed by atoms with E-state index < -0.39 is 0 Å². The topological polar surface area (TPSA) is 33.6 Å². The van der Waals surface area contributed by atoms with Crippen LogP contribution in [-0.4, -0.2) is 12.8 Å². The fourth-order valence-corrected chi connectivity index (χ4v) is 3.59. The summed E-state index contributed by atoms with van der Waals surface area (Å²) in [6, 6.07) is 14.6. The molecule has 2 aromatic carbocycles. The van der Waals surface area contributed by atoms with Gasteiger partial charge in [-0.1, -0.05) is 29.8 Å². The lowest BCUT2D eigenvalue weighted by Gasteiger charge is -2.26. The molecule has 0 amide bonds. The highest BCUT2D eigenvalue weighted by Crippen LogP contribution is 2.39. The average Bonchev–Trinajstić information content (AvgIpc) is 2.99. The van der Waals surface area contributed by atoms with Crippen molar-refractivity contribution < 1.29 is 4.74 Å². The number of nitrogens with one attached hydrogen (secondary N) is 1. The molecule has 4 heteroatoms. The van der Waals surface area contributed by atoms with Crippen LogP contribution in [0.25, 0.3) is 0 Å². The second-order valence-corrected chi connectivity index (χ2v) is 6.26. The van der Waals surface area contributed by atoms with Crippen LogP contribution in [0.1, 0.15) is 29.2 Å². The Bertz CT molecular complexity index is 739. The molecule has 3 nitrogen and oxygen atoms in total. The van der Waals surface area contributed by atoms with Crippen LogP contribution in [0.5, 0.6) is 5.75 Å². The van der Waals surface area contributed by atoms with Crippen LogP contribution in [0.3, 0.4) is 0 Å². The third kappa shape index (κ3) is 2.17. The molecule has 2 atom stereocenters. The van der Waals surface area contributed by atoms with Crippen LogP contribution in [0, 0.1) is 5.92 Å². The van der Waals surface area contributed by atoms with Crippen molar-refractivity contribution in [3.05, 3.63) is 64.2 Å². The Morgan fingerprint density at radius 3 is 2.77 bits per heavy atom. The molecule has 1 N–H and O–H groups in total. The van der Waals surface area contributed by atoms with Gasteiger partial charge in [-0.3, -0.25) is 0 Å². The largest absolute Gasteiger partial charge is 0.497 e. The summed E-state index contributed by atoms with van der Waals surface area (Å²) in [5, 5.41) is 5.40. The van der Waals surface area contributed by atoms with Crippen LogP contribution >= 0.6 is 11.6 Å². The van der Waals surface area contributed by atoms with Gasteiger partial charge < -0.3 is 10.2 Å². The van der Waals surface area contributed by atoms with E-state index in [-0.39, 0.29) is 6.04 Å². The highest BCUT2D eigenvalue weighted by molar-refractivity contribution is 6.30. The molecule has 1 aliphatic carbocycles. The third-order valence-electron chi connectivity index (χ3n) is 4.62. The number of halogens is 1. The number of aryl methyl sites for hydroxylation is 1. The monoisotopic (exact) mass is 312 g/mol. The van der Waals surface area contributed by atoms with Gasteiger partial charge in [-0.15, -0.1) is 0 Å². The number of methoxy groups -OCH3 is 1. The van der Waals surface area contributed by atoms with E-state index in [1.165, 1.54) is 16.7 Å². The zero-order valence-electron chi connectivity index (χ0n) is 12.3. The summed E-state index contributed by atoms with van der Waals surface area (Å²) >= 11 is 5.99. The number of hydrazone groups is 1. The number of benzene rings is 2. The fraction of sp³-hybridized carbons (Fsp3) is 0.278. The van der Waals surface area contributed by atoms with E-state index >= 15 is 0 Å². The molecule has 22 heavy (non-hydrogen) atoms. The molecule has 0 bridgehead atoms. The summed E-state index contributed by atoms with van der Waals surface area (Å²) in [6.07, 6.45) is 2.19. The summed E-state index contributed by atoms with van der Waals surface area (Å²) in [5.41, 5.74) is 8.28. The Morgan fingerprint density at radius 2 is 2.00 bits per heavy atom. The molecule has 2 aliphatic rings. The SMILES string of the molecule is COc1ccc2c(c1)C1=NNC(c3ccc(Cl)cc3)C1CC2. The van der Waals surface area contributed by atoms with E-state index in [4.69, 9.17) is 16.3 Å². The molecule has 0 aromatic heterocycles. The van der Waals surface area contributed by atoms with Crippen molar-refractivity contribution in [2.75, 3.05) is 7.11 Å². The predicted octanol–water partition coefficient (Wildman–Crippen LogP) is 3.96. The Morgan fingerprint density at radius 1 is 1.18 bits per heavy atom. The van der Waals surface area contributed by atoms with Crippen molar-refractivity contribution in [2.45, 2.75) is 18.9 Å². The second-order valence-electron chi connectivity index (χ2n) is 5.82. The minimum Gasteiger partial charge on any atom is -0.497 e. The average molecular weight is 313 g/mol. The maximum Gasteiger partial charge on any atom is 0.119 e. The smallest absolute Gasteiger partial charge is 0.119 e. The van der Waals surface area contributed by atoms with Crippen molar-refractivity contribution in [1.29, 1.82) is 0 Å². The summed E-state index contributed by atoms with van der Waals surface area (Å²) in [6.45, 7) is 0. The van der Waals surface area contributed by atoms with Crippen LogP contribution in [0.4, 0.5) is 0 Å². The Labute approximate surface area is 134 Å². The normalized spacial score (nSPS) is 22.4. The van der Waals surface area contributed by atoms with Gasteiger partial charge in [0.1, 0.15) is 5.75 Å². The predicted molar refractivity (Wildman–Crippen MR) is 88.7 cm³/mol. The van der Waals surface area contributed by atoms with E-state index in [0.29, 0.717) is 5.92 Å². The Hall–Kier alpha value is -2.00. The molecule has 0 spiro atoms. The summed E-state index contributed by atoms with van der Waals surface area (Å²) in [5.74, 6) is 1.29. The molecule has 0 saturated heterocycles. The Kier molecular flexibility index (Phi) is 3.30. The van der Waals surface area contributed by atoms with Gasteiger partial charge >= 0.3 is 0 Å². The molecule has 0 fully saturated rings. The number of fused-ring (bicyclic) bond motifs is 3. The maximum absolute atomic E-state index is 5.99. The van der Waals surface area contributed by atoms with E-state index in [1.807, 2.05) is 18.2 Å². The van der Waals surface area contributed by atoms with Gasteiger partial charge in [-0.25, -0.2) is 0 Å². The van der Waals surface area contributed by atoms with Gasteiger partial charge in [0.2, 0.25) is 0 Å². The van der Waals surface area contributed by atoms with E-state index in [0.717, 1.165) is 29.3 Å². The first-order chi connectivity index (χ1) is 10.8. The number of ether oxygens (including phenoxy) is 1. The van der Waals surface area contributed by atoms with Crippen molar-refractivity contribution in [1.82, 2.24) is 5.43 Å². The van der Waals surface area contributed by atoms with E-state index in [2.05, 4.69) is 34.8 Å². The summed E-state index contributed by atoms with van der Waals surface area (Å²) < 4.78 is 5.36. The molecule has 0 radical (unpaired) electrons. The standard InChI is InChI=1S/C18H17ClN2O/c1-22-14-8-4-11-5-9-15-17(12-2-6-13(19)7-3-12)20-21-18(15)16(11)10-14/h2-4,6-8,10,15,17,20H,5,9H2,1H3. The summed E-state index contributed by atoms with van der Waals surface area (Å²) in [7, 11) is 1.70. The van der Waals surface area contributed by atoms with Gasteiger partial charge in [0.15, 0.2) is 0 Å². The lowest BCUT2D eigenvalue weighted by Crippen LogP contribution is -2.26. The zero-order chi connectivity index (χ0) is 15.1. The van der Waals surface area contributed by atoms with E-state index in [9.17, 15) is 0 Å². The minimum atomic E-state index is 0.228. The molecule has 112 valence electrons. The zero-order valence-corrected chi connectivity index (χ0v) is 13.1. The molecular formula is C18H17ClN2O. The second kappa shape index (κ2) is 5.33. The molecule has 2 aromatic rings. The first-order valence-corrected chi connectivity index (χ1v) is 7.90. The van der Waals surface area contributed by atoms with Crippen LogP contribution in [-0.2, 0) is 6.42 Å². The molecule has 4 rings (SSSR count). The Balaban J connectivity index is 1.68. The van der Waals surface area contributed by atoms with E-state index in [1.54, 1.807) is 7.11 Å². The highest BCUT2D eigenvalue weighted by Gasteiger charge is 2.37. The van der Waals surface area contributed by atoms with Crippen LogP contribution in [0.15, 0.2) is 47.6 Å². The number of hydrogen-bond donors (Lipinski definition) is 1. The quantitative estimate of drug-likeness (QED) is 0.910. The van der Waals surface area contributed by atoms with Gasteiger partial charge in [0, 0.05) is 16.5 Å². The third-order valence-corrected chi connectivity index (χ3v) is 4.88. The lowest BCUT2D eigenvalue weighted by molar-refractivity contribution is 0.414. The van der Waals surface area contributed by atoms with Gasteiger partial charge in [-0.2, -0.15) is 5.10 Å². The van der Waals surface area contributed by atoms with Crippen LogP contribution in [0.2, 0.25) is 5.02 Å². The van der Waals surface area contributed by atoms with Crippen LogP contribution < -0.4 is 10.2 Å². The minimum absolute atomic E-state index is 0.228. The molecule has 0 saturated carbocycles. The first kappa shape index (κ1) is 13.6. The molecule has 1 heterocycles. The molecular weight excluding hydrogens is 296 g/mol. The fourth-order valence-electron chi connectivity index (χ4n) is 3.46.